The van der Waals surface area contributed by atoms with Crippen LogP contribution in [0.4, 0.5) is 5.13 Å². The third-order valence-corrected chi connectivity index (χ3v) is 7.03. The number of rotatable bonds is 3. The van der Waals surface area contributed by atoms with E-state index in [1.165, 1.54) is 11.3 Å². The Balaban J connectivity index is 1.58. The Labute approximate surface area is 183 Å². The van der Waals surface area contributed by atoms with E-state index in [0.717, 1.165) is 26.2 Å². The number of pyridine rings is 1. The maximum Gasteiger partial charge on any atom is 0.258 e. The quantitative estimate of drug-likeness (QED) is 0.314. The highest BCUT2D eigenvalue weighted by Gasteiger charge is 2.17. The number of nitrogens with zero attached hydrogens (tertiary/aromatic N) is 2. The summed E-state index contributed by atoms with van der Waals surface area (Å²) in [5.74, 6) is -0.248. The Kier molecular flexibility index (Phi) is 4.72. The third-order valence-electron chi connectivity index (χ3n) is 4.41. The van der Waals surface area contributed by atoms with Gasteiger partial charge < -0.3 is 0 Å². The second-order valence-corrected chi connectivity index (χ2v) is 8.99. The maximum atomic E-state index is 13.2. The summed E-state index contributed by atoms with van der Waals surface area (Å²) in [4.78, 5) is 23.3. The molecule has 3 aromatic heterocycles. The molecule has 0 spiro atoms. The van der Waals surface area contributed by atoms with Crippen LogP contribution in [0.15, 0.2) is 60.0 Å². The van der Waals surface area contributed by atoms with E-state index in [1.807, 2.05) is 53.9 Å². The maximum absolute atomic E-state index is 13.2. The van der Waals surface area contributed by atoms with Gasteiger partial charge in [-0.15, -0.1) is 11.3 Å². The molecule has 1 amide bonds. The molecule has 4 nitrogen and oxygen atoms in total. The molecule has 0 fully saturated rings. The number of anilines is 1. The molecule has 0 bridgehead atoms. The number of hydrogen-bond donors (Lipinski definition) is 1. The van der Waals surface area contributed by atoms with Crippen molar-refractivity contribution in [1.29, 1.82) is 0 Å². The number of fused-ring (bicyclic) bond motifs is 2. The average Bonchev–Trinajstić information content (AvgIpc) is 3.40. The smallest absolute Gasteiger partial charge is 0.258 e. The van der Waals surface area contributed by atoms with E-state index >= 15 is 0 Å². The first-order valence-corrected chi connectivity index (χ1v) is 11.0. The van der Waals surface area contributed by atoms with Crippen LogP contribution in [0.2, 0.25) is 10.0 Å². The van der Waals surface area contributed by atoms with Crippen LogP contribution in [0.1, 0.15) is 10.4 Å². The zero-order chi connectivity index (χ0) is 20.0. The number of hydrogen-bond acceptors (Lipinski definition) is 5. The van der Waals surface area contributed by atoms with Gasteiger partial charge in [-0.05, 0) is 35.7 Å². The van der Waals surface area contributed by atoms with Crippen LogP contribution < -0.4 is 5.32 Å². The van der Waals surface area contributed by atoms with E-state index in [4.69, 9.17) is 28.2 Å². The van der Waals surface area contributed by atoms with Gasteiger partial charge >= 0.3 is 0 Å². The number of thiophene rings is 1. The molecule has 29 heavy (non-hydrogen) atoms. The van der Waals surface area contributed by atoms with E-state index in [-0.39, 0.29) is 5.91 Å². The Morgan fingerprint density at radius 2 is 1.86 bits per heavy atom. The van der Waals surface area contributed by atoms with Gasteiger partial charge in [-0.25, -0.2) is 9.97 Å². The van der Waals surface area contributed by atoms with Crippen LogP contribution >= 0.6 is 45.9 Å². The van der Waals surface area contributed by atoms with Gasteiger partial charge in [-0.3, -0.25) is 10.1 Å². The summed E-state index contributed by atoms with van der Waals surface area (Å²) >= 11 is 15.2. The van der Waals surface area contributed by atoms with Crippen LogP contribution in [-0.4, -0.2) is 15.9 Å². The van der Waals surface area contributed by atoms with Gasteiger partial charge in [-0.2, -0.15) is 0 Å². The third kappa shape index (κ3) is 3.38. The molecule has 5 aromatic rings. The number of carbonyl (C=O) groups is 1. The van der Waals surface area contributed by atoms with Crippen molar-refractivity contribution in [3.8, 4) is 10.6 Å². The summed E-state index contributed by atoms with van der Waals surface area (Å²) in [5, 5.41) is 6.96. The minimum absolute atomic E-state index is 0.248. The molecule has 0 aliphatic carbocycles. The average molecular weight is 456 g/mol. The minimum atomic E-state index is -0.248. The monoisotopic (exact) mass is 455 g/mol. The molecule has 0 atom stereocenters. The van der Waals surface area contributed by atoms with Gasteiger partial charge in [0, 0.05) is 5.39 Å². The van der Waals surface area contributed by atoms with Crippen molar-refractivity contribution in [2.45, 2.75) is 0 Å². The largest absolute Gasteiger partial charge is 0.298 e. The van der Waals surface area contributed by atoms with Crippen molar-refractivity contribution in [1.82, 2.24) is 9.97 Å². The van der Waals surface area contributed by atoms with Crippen LogP contribution in [0.3, 0.4) is 0 Å². The van der Waals surface area contributed by atoms with Gasteiger partial charge in [0.05, 0.1) is 36.4 Å². The molecule has 8 heteroatoms. The Morgan fingerprint density at radius 3 is 2.69 bits per heavy atom. The van der Waals surface area contributed by atoms with E-state index in [2.05, 4.69) is 10.3 Å². The second-order valence-electron chi connectivity index (χ2n) is 6.23. The van der Waals surface area contributed by atoms with Crippen molar-refractivity contribution in [3.63, 3.8) is 0 Å². The van der Waals surface area contributed by atoms with Crippen LogP contribution in [-0.2, 0) is 0 Å². The number of thiazole rings is 1. The van der Waals surface area contributed by atoms with Crippen molar-refractivity contribution in [3.05, 3.63) is 75.6 Å². The lowest BCUT2D eigenvalue weighted by Gasteiger charge is -2.08. The summed E-state index contributed by atoms with van der Waals surface area (Å²) in [6.45, 7) is 0. The zero-order valence-electron chi connectivity index (χ0n) is 14.6. The number of aromatic nitrogens is 2. The molecule has 0 unspecified atom stereocenters. The van der Waals surface area contributed by atoms with Gasteiger partial charge in [0.15, 0.2) is 5.13 Å². The van der Waals surface area contributed by atoms with E-state index < -0.39 is 0 Å². The highest BCUT2D eigenvalue weighted by molar-refractivity contribution is 7.22. The predicted molar refractivity (Wildman–Crippen MR) is 123 cm³/mol. The zero-order valence-corrected chi connectivity index (χ0v) is 17.8. The summed E-state index contributed by atoms with van der Waals surface area (Å²) in [6, 6.07) is 16.9. The Hall–Kier alpha value is -2.51. The molecular formula is C21H11Cl2N3OS2. The fourth-order valence-corrected chi connectivity index (χ4v) is 5.04. The molecule has 0 aliphatic rings. The fourth-order valence-electron chi connectivity index (χ4n) is 3.07. The first-order valence-electron chi connectivity index (χ1n) is 8.60. The van der Waals surface area contributed by atoms with E-state index in [9.17, 15) is 4.79 Å². The van der Waals surface area contributed by atoms with Crippen molar-refractivity contribution >= 4 is 78.0 Å². The molecule has 2 aromatic carbocycles. The van der Waals surface area contributed by atoms with Gasteiger partial charge in [-0.1, -0.05) is 58.8 Å². The Morgan fingerprint density at radius 1 is 1.00 bits per heavy atom. The topological polar surface area (TPSA) is 54.9 Å². The summed E-state index contributed by atoms with van der Waals surface area (Å²) in [6.07, 6.45) is 0. The number of halogens is 2. The normalized spacial score (nSPS) is 11.2. The molecule has 1 N–H and O–H groups in total. The van der Waals surface area contributed by atoms with E-state index in [0.29, 0.717) is 26.3 Å². The number of para-hydroxylation sites is 1. The van der Waals surface area contributed by atoms with Crippen molar-refractivity contribution in [2.75, 3.05) is 5.32 Å². The number of nitrogens with one attached hydrogen (secondary N) is 1. The first-order chi connectivity index (χ1) is 14.1. The molecule has 0 aliphatic heterocycles. The lowest BCUT2D eigenvalue weighted by molar-refractivity contribution is 0.102. The number of amides is 1. The molecule has 0 radical (unpaired) electrons. The highest BCUT2D eigenvalue weighted by Crippen LogP contribution is 2.36. The number of benzene rings is 2. The van der Waals surface area contributed by atoms with Crippen LogP contribution in [0.25, 0.3) is 31.7 Å². The summed E-state index contributed by atoms with van der Waals surface area (Å²) in [5.41, 5.74) is 2.66. The number of carbonyl (C=O) groups excluding carboxylic acids is 1. The molecule has 0 saturated carbocycles. The predicted octanol–water partition coefficient (Wildman–Crippen LogP) is 7.13. The van der Waals surface area contributed by atoms with Gasteiger partial charge in [0.2, 0.25) is 0 Å². The standard InChI is InChI=1S/C21H11Cl2N3OS2/c22-13-7-8-17-19(18(13)23)25-21(29-17)26-20(27)12-10-15(16-6-3-9-28-16)24-14-5-2-1-4-11(12)14/h1-10H,(H,25,26,27). The van der Waals surface area contributed by atoms with Gasteiger partial charge in [0.25, 0.3) is 5.91 Å². The highest BCUT2D eigenvalue weighted by atomic mass is 35.5. The van der Waals surface area contributed by atoms with E-state index in [1.54, 1.807) is 17.4 Å². The summed E-state index contributed by atoms with van der Waals surface area (Å²) in [7, 11) is 0. The molecular weight excluding hydrogens is 445 g/mol. The lowest BCUT2D eigenvalue weighted by atomic mass is 10.1. The molecule has 5 rings (SSSR count). The van der Waals surface area contributed by atoms with Crippen molar-refractivity contribution < 1.29 is 4.79 Å². The fraction of sp³-hybridized carbons (Fsp3) is 0. The minimum Gasteiger partial charge on any atom is -0.298 e. The van der Waals surface area contributed by atoms with Crippen LogP contribution in [0, 0.1) is 0 Å². The first kappa shape index (κ1) is 18.5. The Bertz CT molecular complexity index is 1380. The second kappa shape index (κ2) is 7.39. The molecule has 142 valence electrons. The SMILES string of the molecule is O=C(Nc1nc2c(Cl)c(Cl)ccc2s1)c1cc(-c2cccs2)nc2ccccc12. The summed E-state index contributed by atoms with van der Waals surface area (Å²) < 4.78 is 0.855. The van der Waals surface area contributed by atoms with Gasteiger partial charge in [0.1, 0.15) is 5.52 Å². The lowest BCUT2D eigenvalue weighted by Crippen LogP contribution is -2.12. The van der Waals surface area contributed by atoms with Crippen molar-refractivity contribution in [2.24, 2.45) is 0 Å². The molecule has 0 saturated heterocycles. The molecule has 3 heterocycles. The van der Waals surface area contributed by atoms with Crippen LogP contribution in [0.5, 0.6) is 0 Å².